The Morgan fingerprint density at radius 3 is 2.62 bits per heavy atom. The lowest BCUT2D eigenvalue weighted by atomic mass is 10.0. The molecule has 110 valence electrons. The van der Waals surface area contributed by atoms with Crippen molar-refractivity contribution in [2.75, 3.05) is 13.6 Å². The van der Waals surface area contributed by atoms with Gasteiger partial charge in [-0.2, -0.15) is 0 Å². The van der Waals surface area contributed by atoms with Gasteiger partial charge in [-0.25, -0.2) is 0 Å². The molecule has 0 unspecified atom stereocenters. The van der Waals surface area contributed by atoms with Gasteiger partial charge < -0.3 is 10.6 Å². The van der Waals surface area contributed by atoms with Crippen LogP contribution in [0.3, 0.4) is 0 Å². The summed E-state index contributed by atoms with van der Waals surface area (Å²) in [4.78, 5) is 16.5. The van der Waals surface area contributed by atoms with Crippen molar-refractivity contribution >= 4 is 5.91 Å². The minimum atomic E-state index is -0.0437. The molecule has 0 saturated carbocycles. The molecular weight excluding hydrogens is 262 g/mol. The van der Waals surface area contributed by atoms with Crippen molar-refractivity contribution in [3.05, 3.63) is 65.5 Å². The lowest BCUT2D eigenvalue weighted by Gasteiger charge is -2.16. The van der Waals surface area contributed by atoms with E-state index in [1.807, 2.05) is 50.4 Å². The number of carbonyl (C=O) groups excluding carboxylic acids is 1. The van der Waals surface area contributed by atoms with Crippen LogP contribution in [0.1, 0.15) is 34.5 Å². The van der Waals surface area contributed by atoms with Gasteiger partial charge in [0, 0.05) is 18.0 Å². The van der Waals surface area contributed by atoms with Gasteiger partial charge >= 0.3 is 0 Å². The number of amides is 1. The number of likely N-dealkylation sites (N-methyl/N-ethyl adjacent to an activating group) is 1. The van der Waals surface area contributed by atoms with Crippen LogP contribution in [0.25, 0.3) is 0 Å². The maximum atomic E-state index is 12.5. The third-order valence-corrected chi connectivity index (χ3v) is 3.46. The number of nitrogens with zero attached hydrogens (tertiary/aromatic N) is 1. The summed E-state index contributed by atoms with van der Waals surface area (Å²) < 4.78 is 0. The van der Waals surface area contributed by atoms with Crippen LogP contribution in [-0.4, -0.2) is 24.5 Å². The molecule has 1 atom stereocenters. The van der Waals surface area contributed by atoms with Crippen molar-refractivity contribution in [3.8, 4) is 0 Å². The van der Waals surface area contributed by atoms with Crippen LogP contribution >= 0.6 is 0 Å². The summed E-state index contributed by atoms with van der Waals surface area (Å²) in [5.41, 5.74) is 2.85. The molecule has 21 heavy (non-hydrogen) atoms. The Morgan fingerprint density at radius 1 is 1.19 bits per heavy atom. The van der Waals surface area contributed by atoms with Crippen molar-refractivity contribution in [3.63, 3.8) is 0 Å². The minimum absolute atomic E-state index is 0.0361. The van der Waals surface area contributed by atoms with E-state index in [0.29, 0.717) is 0 Å². The molecule has 4 heteroatoms. The molecule has 4 nitrogen and oxygen atoms in total. The average molecular weight is 283 g/mol. The van der Waals surface area contributed by atoms with Crippen molar-refractivity contribution in [2.45, 2.75) is 19.4 Å². The molecular formula is C17H21N3O. The highest BCUT2D eigenvalue weighted by Crippen LogP contribution is 2.14. The number of benzene rings is 1. The Morgan fingerprint density at radius 2 is 1.90 bits per heavy atom. The Labute approximate surface area is 125 Å². The van der Waals surface area contributed by atoms with E-state index in [2.05, 4.69) is 15.6 Å². The molecule has 2 N–H and O–H groups in total. The molecule has 0 aliphatic heterocycles. The van der Waals surface area contributed by atoms with Crippen molar-refractivity contribution < 1.29 is 4.79 Å². The second-order valence-electron chi connectivity index (χ2n) is 4.99. The molecule has 0 bridgehead atoms. The third kappa shape index (κ3) is 4.13. The topological polar surface area (TPSA) is 54.0 Å². The molecule has 0 spiro atoms. The average Bonchev–Trinajstić information content (AvgIpc) is 2.54. The number of carbonyl (C=O) groups is 1. The first-order chi connectivity index (χ1) is 10.2. The highest BCUT2D eigenvalue weighted by atomic mass is 16.1. The first kappa shape index (κ1) is 15.2. The van der Waals surface area contributed by atoms with E-state index in [-0.39, 0.29) is 11.9 Å². The molecule has 1 aromatic carbocycles. The Balaban J connectivity index is 2.10. The van der Waals surface area contributed by atoms with Gasteiger partial charge in [0.1, 0.15) is 0 Å². The number of pyridine rings is 1. The van der Waals surface area contributed by atoms with Gasteiger partial charge in [0.05, 0.1) is 6.04 Å². The molecule has 0 saturated heterocycles. The van der Waals surface area contributed by atoms with E-state index in [1.165, 1.54) is 0 Å². The first-order valence-corrected chi connectivity index (χ1v) is 7.15. The van der Waals surface area contributed by atoms with Gasteiger partial charge in [0.25, 0.3) is 5.91 Å². The SMILES string of the molecule is CNCCc1ccccc1C(=O)N[C@@H](C)c1ccncc1. The molecule has 0 aliphatic carbocycles. The zero-order chi connectivity index (χ0) is 15.1. The molecule has 1 heterocycles. The largest absolute Gasteiger partial charge is 0.346 e. The fraction of sp³-hybridized carbons (Fsp3) is 0.294. The first-order valence-electron chi connectivity index (χ1n) is 7.15. The van der Waals surface area contributed by atoms with Gasteiger partial charge in [-0.1, -0.05) is 18.2 Å². The van der Waals surface area contributed by atoms with Gasteiger partial charge in [0.2, 0.25) is 0 Å². The Bertz CT molecular complexity index is 584. The molecule has 0 fully saturated rings. The molecule has 0 aliphatic rings. The minimum Gasteiger partial charge on any atom is -0.346 e. The summed E-state index contributed by atoms with van der Waals surface area (Å²) in [6.45, 7) is 2.83. The van der Waals surface area contributed by atoms with Gasteiger partial charge in [-0.3, -0.25) is 9.78 Å². The van der Waals surface area contributed by atoms with Crippen molar-refractivity contribution in [1.82, 2.24) is 15.6 Å². The van der Waals surface area contributed by atoms with E-state index < -0.39 is 0 Å². The predicted molar refractivity (Wildman–Crippen MR) is 84.2 cm³/mol. The molecule has 0 radical (unpaired) electrons. The normalized spacial score (nSPS) is 11.9. The van der Waals surface area contributed by atoms with Crippen LogP contribution in [0.15, 0.2) is 48.8 Å². The van der Waals surface area contributed by atoms with Gasteiger partial charge in [0.15, 0.2) is 0 Å². The summed E-state index contributed by atoms with van der Waals surface area (Å²) in [5, 5.41) is 6.15. The van der Waals surface area contributed by atoms with E-state index >= 15 is 0 Å². The van der Waals surface area contributed by atoms with Gasteiger partial charge in [-0.05, 0) is 56.3 Å². The second kappa shape index (κ2) is 7.55. The Kier molecular flexibility index (Phi) is 5.46. The van der Waals surface area contributed by atoms with Crippen LogP contribution in [0.4, 0.5) is 0 Å². The summed E-state index contributed by atoms with van der Waals surface area (Å²) in [6, 6.07) is 11.5. The summed E-state index contributed by atoms with van der Waals surface area (Å²) >= 11 is 0. The molecule has 2 aromatic rings. The lowest BCUT2D eigenvalue weighted by molar-refractivity contribution is 0.0939. The maximum Gasteiger partial charge on any atom is 0.252 e. The fourth-order valence-corrected chi connectivity index (χ4v) is 2.23. The number of aromatic nitrogens is 1. The summed E-state index contributed by atoms with van der Waals surface area (Å²) in [7, 11) is 1.91. The second-order valence-corrected chi connectivity index (χ2v) is 4.99. The highest BCUT2D eigenvalue weighted by molar-refractivity contribution is 5.95. The zero-order valence-electron chi connectivity index (χ0n) is 12.5. The molecule has 1 aromatic heterocycles. The summed E-state index contributed by atoms with van der Waals surface area (Å²) in [5.74, 6) is -0.0361. The van der Waals surface area contributed by atoms with Crippen LogP contribution in [0.2, 0.25) is 0 Å². The van der Waals surface area contributed by atoms with Crippen LogP contribution in [-0.2, 0) is 6.42 Å². The number of hydrogen-bond acceptors (Lipinski definition) is 3. The van der Waals surface area contributed by atoms with E-state index in [9.17, 15) is 4.79 Å². The van der Waals surface area contributed by atoms with Crippen molar-refractivity contribution in [1.29, 1.82) is 0 Å². The Hall–Kier alpha value is -2.20. The van der Waals surface area contributed by atoms with Crippen molar-refractivity contribution in [2.24, 2.45) is 0 Å². The number of nitrogens with one attached hydrogen (secondary N) is 2. The molecule has 2 rings (SSSR count). The predicted octanol–water partition coefficient (Wildman–Crippen LogP) is 2.33. The third-order valence-electron chi connectivity index (χ3n) is 3.46. The van der Waals surface area contributed by atoms with Crippen LogP contribution in [0.5, 0.6) is 0 Å². The highest BCUT2D eigenvalue weighted by Gasteiger charge is 2.14. The van der Waals surface area contributed by atoms with E-state index in [4.69, 9.17) is 0 Å². The van der Waals surface area contributed by atoms with E-state index in [1.54, 1.807) is 12.4 Å². The summed E-state index contributed by atoms with van der Waals surface area (Å²) in [6.07, 6.45) is 4.31. The van der Waals surface area contributed by atoms with Crippen LogP contribution in [0, 0.1) is 0 Å². The number of rotatable bonds is 6. The number of hydrogen-bond donors (Lipinski definition) is 2. The molecule has 1 amide bonds. The smallest absolute Gasteiger partial charge is 0.252 e. The van der Waals surface area contributed by atoms with Gasteiger partial charge in [-0.15, -0.1) is 0 Å². The van der Waals surface area contributed by atoms with E-state index in [0.717, 1.165) is 29.7 Å². The quantitative estimate of drug-likeness (QED) is 0.855. The fourth-order valence-electron chi connectivity index (χ4n) is 2.23. The maximum absolute atomic E-state index is 12.5. The lowest BCUT2D eigenvalue weighted by Crippen LogP contribution is -2.28. The monoisotopic (exact) mass is 283 g/mol. The standard InChI is InChI=1S/C17H21N3O/c1-13(14-8-11-19-12-9-14)20-17(21)16-6-4-3-5-15(16)7-10-18-2/h3-6,8-9,11-13,18H,7,10H2,1-2H3,(H,20,21)/t13-/m0/s1. The van der Waals surface area contributed by atoms with Crippen LogP contribution < -0.4 is 10.6 Å². The zero-order valence-corrected chi connectivity index (χ0v) is 12.5.